The first-order chi connectivity index (χ1) is 28.1. The third-order valence-corrected chi connectivity index (χ3v) is 13.9. The molecule has 5 heteroatoms. The van der Waals surface area contributed by atoms with Crippen molar-refractivity contribution in [2.45, 2.75) is 44.1 Å². The minimum absolute atomic E-state index is 0.0796. The molecule has 12 rings (SSSR count). The van der Waals surface area contributed by atoms with Crippen LogP contribution in [0.15, 0.2) is 159 Å². The molecule has 2 N–H and O–H groups in total. The van der Waals surface area contributed by atoms with Gasteiger partial charge in [0.2, 0.25) is 0 Å². The Balaban J connectivity index is 0.942. The molecular formula is C52H38N2O2S. The van der Waals surface area contributed by atoms with Crippen LogP contribution in [-0.4, -0.2) is 5.71 Å². The number of hydrogen-bond acceptors (Lipinski definition) is 5. The molecule has 0 aliphatic heterocycles. The van der Waals surface area contributed by atoms with E-state index in [0.717, 1.165) is 81.4 Å². The number of fused-ring (bicyclic) bond motifs is 12. The second kappa shape index (κ2) is 12.5. The zero-order valence-corrected chi connectivity index (χ0v) is 32.2. The number of furan rings is 2. The SMILES string of the molecule is Nc1c(C(=NCc2ccc3oc4cc(-c5cccc6c5C5(CCCCC5)c5ccccc5-6)ccc4c3c2)c2ccc3c(c2)oc2ccccc23)sc2ccccc12. The van der Waals surface area contributed by atoms with Crippen LogP contribution < -0.4 is 5.73 Å². The summed E-state index contributed by atoms with van der Waals surface area (Å²) in [7, 11) is 0. The van der Waals surface area contributed by atoms with Gasteiger partial charge in [-0.25, -0.2) is 0 Å². The molecule has 3 heterocycles. The van der Waals surface area contributed by atoms with E-state index in [1.807, 2.05) is 18.2 Å². The number of thiophene rings is 1. The summed E-state index contributed by atoms with van der Waals surface area (Å²) >= 11 is 1.69. The van der Waals surface area contributed by atoms with Gasteiger partial charge in [-0.15, -0.1) is 11.3 Å². The molecule has 0 radical (unpaired) electrons. The summed E-state index contributed by atoms with van der Waals surface area (Å²) in [6.07, 6.45) is 6.27. The van der Waals surface area contributed by atoms with Crippen molar-refractivity contribution in [3.05, 3.63) is 173 Å². The largest absolute Gasteiger partial charge is 0.456 e. The van der Waals surface area contributed by atoms with Crippen molar-refractivity contribution < 1.29 is 8.83 Å². The van der Waals surface area contributed by atoms with E-state index in [1.54, 1.807) is 11.3 Å². The van der Waals surface area contributed by atoms with Gasteiger partial charge in [0.05, 0.1) is 22.8 Å². The highest BCUT2D eigenvalue weighted by atomic mass is 32.1. The lowest BCUT2D eigenvalue weighted by atomic mass is 9.66. The lowest BCUT2D eigenvalue weighted by molar-refractivity contribution is 0.353. The van der Waals surface area contributed by atoms with Gasteiger partial charge >= 0.3 is 0 Å². The van der Waals surface area contributed by atoms with Crippen molar-refractivity contribution in [2.24, 2.45) is 4.99 Å². The third-order valence-electron chi connectivity index (χ3n) is 12.8. The molecule has 10 aromatic rings. The van der Waals surface area contributed by atoms with Crippen LogP contribution in [0.3, 0.4) is 0 Å². The van der Waals surface area contributed by atoms with Gasteiger partial charge in [-0.1, -0.05) is 116 Å². The molecule has 0 unspecified atom stereocenters. The van der Waals surface area contributed by atoms with Crippen LogP contribution in [0.25, 0.3) is 76.2 Å². The molecule has 3 aromatic heterocycles. The average molecular weight is 755 g/mol. The van der Waals surface area contributed by atoms with E-state index in [4.69, 9.17) is 19.6 Å². The highest BCUT2D eigenvalue weighted by Gasteiger charge is 2.45. The molecule has 57 heavy (non-hydrogen) atoms. The van der Waals surface area contributed by atoms with Crippen molar-refractivity contribution in [1.29, 1.82) is 0 Å². The van der Waals surface area contributed by atoms with E-state index in [-0.39, 0.29) is 5.41 Å². The van der Waals surface area contributed by atoms with E-state index in [2.05, 4.69) is 127 Å². The van der Waals surface area contributed by atoms with Crippen molar-refractivity contribution >= 4 is 76.7 Å². The highest BCUT2D eigenvalue weighted by molar-refractivity contribution is 7.21. The smallest absolute Gasteiger partial charge is 0.136 e. The first-order valence-electron chi connectivity index (χ1n) is 20.1. The Morgan fingerprint density at radius 1 is 0.579 bits per heavy atom. The molecule has 0 bridgehead atoms. The van der Waals surface area contributed by atoms with Crippen molar-refractivity contribution in [2.75, 3.05) is 5.73 Å². The van der Waals surface area contributed by atoms with Crippen LogP contribution in [0.5, 0.6) is 0 Å². The van der Waals surface area contributed by atoms with Gasteiger partial charge in [-0.05, 0) is 100 Å². The second-order valence-corrected chi connectivity index (χ2v) is 16.9. The van der Waals surface area contributed by atoms with Crippen molar-refractivity contribution in [3.8, 4) is 22.3 Å². The van der Waals surface area contributed by atoms with Crippen LogP contribution in [0.2, 0.25) is 0 Å². The molecule has 274 valence electrons. The van der Waals surface area contributed by atoms with Crippen LogP contribution in [0, 0.1) is 0 Å². The number of rotatable bonds is 5. The summed E-state index contributed by atoms with van der Waals surface area (Å²) in [5, 5.41) is 5.48. The Morgan fingerprint density at radius 2 is 1.28 bits per heavy atom. The van der Waals surface area contributed by atoms with Crippen LogP contribution >= 0.6 is 11.3 Å². The number of para-hydroxylation sites is 1. The maximum atomic E-state index is 6.88. The van der Waals surface area contributed by atoms with Gasteiger partial charge in [0.15, 0.2) is 0 Å². The minimum Gasteiger partial charge on any atom is -0.456 e. The predicted molar refractivity (Wildman–Crippen MR) is 238 cm³/mol. The monoisotopic (exact) mass is 754 g/mol. The van der Waals surface area contributed by atoms with E-state index in [0.29, 0.717) is 6.54 Å². The van der Waals surface area contributed by atoms with E-state index in [1.165, 1.54) is 65.5 Å². The number of nitrogens with zero attached hydrogens (tertiary/aromatic N) is 1. The van der Waals surface area contributed by atoms with Gasteiger partial charge in [-0.3, -0.25) is 4.99 Å². The first-order valence-corrected chi connectivity index (χ1v) is 20.9. The molecule has 2 aliphatic carbocycles. The summed E-state index contributed by atoms with van der Waals surface area (Å²) in [5.74, 6) is 0. The minimum atomic E-state index is 0.0796. The fourth-order valence-electron chi connectivity index (χ4n) is 10.1. The zero-order valence-electron chi connectivity index (χ0n) is 31.3. The molecular weight excluding hydrogens is 717 g/mol. The van der Waals surface area contributed by atoms with E-state index < -0.39 is 0 Å². The second-order valence-electron chi connectivity index (χ2n) is 15.9. The lowest BCUT2D eigenvalue weighted by Crippen LogP contribution is -2.28. The Labute approximate surface area is 333 Å². The predicted octanol–water partition coefficient (Wildman–Crippen LogP) is 14.2. The summed E-state index contributed by atoms with van der Waals surface area (Å²) in [4.78, 5) is 6.31. The quantitative estimate of drug-likeness (QED) is 0.178. The number of aliphatic imine (C=N–C) groups is 1. The Hall–Kier alpha value is -6.43. The molecule has 0 amide bonds. The Kier molecular flexibility index (Phi) is 7.21. The molecule has 1 saturated carbocycles. The van der Waals surface area contributed by atoms with Crippen LogP contribution in [-0.2, 0) is 12.0 Å². The molecule has 0 atom stereocenters. The first kappa shape index (κ1) is 32.8. The van der Waals surface area contributed by atoms with Gasteiger partial charge in [-0.2, -0.15) is 0 Å². The van der Waals surface area contributed by atoms with Gasteiger partial charge in [0.25, 0.3) is 0 Å². The third kappa shape index (κ3) is 4.95. The summed E-state index contributed by atoms with van der Waals surface area (Å²) < 4.78 is 14.1. The Bertz CT molecular complexity index is 3280. The van der Waals surface area contributed by atoms with Gasteiger partial charge in [0, 0.05) is 42.6 Å². The number of benzene rings is 7. The Morgan fingerprint density at radius 3 is 2.18 bits per heavy atom. The fourth-order valence-corrected chi connectivity index (χ4v) is 11.3. The number of anilines is 1. The zero-order chi connectivity index (χ0) is 37.7. The standard InChI is InChI=1S/C52H38N2O2S/c53-49-40-13-4-7-18-47(40)57-51(49)50(33-21-23-37-36-12-3-6-17-43(36)55-46(37)29-33)54-30-31-19-24-44-41(27-31)38-22-20-32(28-45(38)56-44)34-14-10-15-39-35-11-2-5-16-42(35)52(48(34)39)25-8-1-9-26-52/h2-7,10-24,27-29H,1,8-9,25-26,30,53H2. The summed E-state index contributed by atoms with van der Waals surface area (Å²) in [5.41, 5.74) is 22.6. The molecule has 2 aliphatic rings. The summed E-state index contributed by atoms with van der Waals surface area (Å²) in [6.45, 7) is 0.487. The van der Waals surface area contributed by atoms with Gasteiger partial charge < -0.3 is 14.6 Å². The molecule has 1 spiro atoms. The molecule has 7 aromatic carbocycles. The number of nitrogen functional groups attached to an aromatic ring is 1. The van der Waals surface area contributed by atoms with Crippen molar-refractivity contribution in [3.63, 3.8) is 0 Å². The number of hydrogen-bond donors (Lipinski definition) is 1. The fraction of sp³-hybridized carbons (Fsp3) is 0.135. The molecule has 1 fully saturated rings. The van der Waals surface area contributed by atoms with Crippen LogP contribution in [0.4, 0.5) is 5.69 Å². The van der Waals surface area contributed by atoms with E-state index in [9.17, 15) is 0 Å². The maximum absolute atomic E-state index is 6.88. The molecule has 4 nitrogen and oxygen atoms in total. The topological polar surface area (TPSA) is 64.7 Å². The highest BCUT2D eigenvalue weighted by Crippen LogP contribution is 2.58. The normalized spacial score (nSPS) is 15.1. The van der Waals surface area contributed by atoms with Gasteiger partial charge in [0.1, 0.15) is 22.3 Å². The molecule has 0 saturated heterocycles. The lowest BCUT2D eigenvalue weighted by Gasteiger charge is -2.37. The van der Waals surface area contributed by atoms with Crippen molar-refractivity contribution in [1.82, 2.24) is 0 Å². The van der Waals surface area contributed by atoms with E-state index >= 15 is 0 Å². The average Bonchev–Trinajstić information content (AvgIpc) is 3.99. The van der Waals surface area contributed by atoms with Crippen LogP contribution in [0.1, 0.15) is 59.2 Å². The maximum Gasteiger partial charge on any atom is 0.136 e. The summed E-state index contributed by atoms with van der Waals surface area (Å²) in [6, 6.07) is 52.2. The number of nitrogens with two attached hydrogens (primary N) is 1.